The van der Waals surface area contributed by atoms with E-state index in [1.54, 1.807) is 0 Å². The van der Waals surface area contributed by atoms with E-state index in [2.05, 4.69) is 15.5 Å². The summed E-state index contributed by atoms with van der Waals surface area (Å²) in [6, 6.07) is 10.1. The van der Waals surface area contributed by atoms with E-state index >= 15 is 0 Å². The Bertz CT molecular complexity index is 1000. The van der Waals surface area contributed by atoms with E-state index in [0.29, 0.717) is 38.4 Å². The quantitative estimate of drug-likeness (QED) is 0.486. The van der Waals surface area contributed by atoms with Gasteiger partial charge in [0.25, 0.3) is 5.69 Å². The second-order valence-electron chi connectivity index (χ2n) is 7.84. The van der Waals surface area contributed by atoms with Crippen LogP contribution in [0.2, 0.25) is 5.02 Å². The van der Waals surface area contributed by atoms with Crippen LogP contribution < -0.4 is 10.6 Å². The van der Waals surface area contributed by atoms with Crippen molar-refractivity contribution in [3.05, 3.63) is 62.7 Å². The third-order valence-corrected chi connectivity index (χ3v) is 5.69. The Kier molecular flexibility index (Phi) is 7.79. The maximum absolute atomic E-state index is 12.5. The van der Waals surface area contributed by atoms with Crippen molar-refractivity contribution in [2.75, 3.05) is 49.9 Å². The van der Waals surface area contributed by atoms with E-state index in [1.807, 2.05) is 36.9 Å². The number of piperazine rings is 1. The Morgan fingerprint density at radius 1 is 0.969 bits per heavy atom. The van der Waals surface area contributed by atoms with Gasteiger partial charge in [-0.05, 0) is 37.1 Å². The number of nitro benzene ring substituents is 1. The fraction of sp³-hybridized carbons (Fsp3) is 0.364. The molecular formula is C22H26ClN5O4. The molecule has 0 radical (unpaired) electrons. The molecular weight excluding hydrogens is 434 g/mol. The van der Waals surface area contributed by atoms with Crippen LogP contribution in [0.5, 0.6) is 0 Å². The predicted molar refractivity (Wildman–Crippen MR) is 124 cm³/mol. The molecule has 0 spiro atoms. The first-order valence-electron chi connectivity index (χ1n) is 10.3. The Labute approximate surface area is 191 Å². The monoisotopic (exact) mass is 459 g/mol. The maximum Gasteiger partial charge on any atom is 0.289 e. The number of nitro groups is 1. The summed E-state index contributed by atoms with van der Waals surface area (Å²) in [7, 11) is 0. The largest absolute Gasteiger partial charge is 0.325 e. The van der Waals surface area contributed by atoms with E-state index in [0.717, 1.165) is 16.8 Å². The Morgan fingerprint density at radius 2 is 1.50 bits per heavy atom. The highest BCUT2D eigenvalue weighted by Gasteiger charge is 2.21. The molecule has 1 aliphatic rings. The lowest BCUT2D eigenvalue weighted by Gasteiger charge is -2.33. The summed E-state index contributed by atoms with van der Waals surface area (Å²) in [6.45, 7) is 7.01. The van der Waals surface area contributed by atoms with Gasteiger partial charge in [0, 0.05) is 43.6 Å². The summed E-state index contributed by atoms with van der Waals surface area (Å²) in [5, 5.41) is 16.7. The number of hydrogen-bond acceptors (Lipinski definition) is 6. The van der Waals surface area contributed by atoms with Gasteiger partial charge in [0.15, 0.2) is 0 Å². The predicted octanol–water partition coefficient (Wildman–Crippen LogP) is 3.06. The summed E-state index contributed by atoms with van der Waals surface area (Å²) in [6.07, 6.45) is 0. The third kappa shape index (κ3) is 6.25. The van der Waals surface area contributed by atoms with Crippen LogP contribution in [0.4, 0.5) is 17.1 Å². The Balaban J connectivity index is 1.44. The highest BCUT2D eigenvalue weighted by Crippen LogP contribution is 2.27. The van der Waals surface area contributed by atoms with Crippen LogP contribution >= 0.6 is 11.6 Å². The molecule has 1 fully saturated rings. The summed E-state index contributed by atoms with van der Waals surface area (Å²) in [4.78, 5) is 39.2. The smallest absolute Gasteiger partial charge is 0.289 e. The van der Waals surface area contributed by atoms with Crippen LogP contribution in [0.1, 0.15) is 11.1 Å². The molecule has 1 aliphatic heterocycles. The van der Waals surface area contributed by atoms with Gasteiger partial charge in [-0.2, -0.15) is 0 Å². The molecule has 0 atom stereocenters. The van der Waals surface area contributed by atoms with Crippen molar-refractivity contribution in [3.63, 3.8) is 0 Å². The lowest BCUT2D eigenvalue weighted by atomic mass is 10.1. The Morgan fingerprint density at radius 3 is 2.03 bits per heavy atom. The summed E-state index contributed by atoms with van der Waals surface area (Å²) < 4.78 is 0. The molecule has 2 aromatic rings. The second kappa shape index (κ2) is 10.5. The number of nitrogens with one attached hydrogen (secondary N) is 2. The zero-order valence-electron chi connectivity index (χ0n) is 18.1. The highest BCUT2D eigenvalue weighted by molar-refractivity contribution is 6.32. The van der Waals surface area contributed by atoms with Crippen molar-refractivity contribution in [1.29, 1.82) is 0 Å². The molecule has 9 nitrogen and oxygen atoms in total. The fourth-order valence-electron chi connectivity index (χ4n) is 3.63. The molecule has 0 bridgehead atoms. The topological polar surface area (TPSA) is 108 Å². The molecule has 170 valence electrons. The van der Waals surface area contributed by atoms with Gasteiger partial charge >= 0.3 is 0 Å². The van der Waals surface area contributed by atoms with Crippen molar-refractivity contribution >= 4 is 40.5 Å². The number of carbonyl (C=O) groups excluding carboxylic acids is 2. The number of nitrogens with zero attached hydrogens (tertiary/aromatic N) is 3. The molecule has 0 unspecified atom stereocenters. The van der Waals surface area contributed by atoms with Crippen LogP contribution in [-0.2, 0) is 9.59 Å². The zero-order chi connectivity index (χ0) is 23.3. The standard InChI is InChI=1S/C22H26ClN5O4/c1-15-4-3-5-16(2)22(15)25-21(30)14-27-10-8-26(9-11-27)13-20(29)24-17-6-7-18(23)19(12-17)28(31)32/h3-7,12H,8-11,13-14H2,1-2H3,(H,24,29)(H,25,30). The summed E-state index contributed by atoms with van der Waals surface area (Å²) >= 11 is 5.80. The number of halogens is 1. The Hall–Kier alpha value is -3.01. The van der Waals surface area contributed by atoms with Gasteiger partial charge in [0.1, 0.15) is 5.02 Å². The lowest BCUT2D eigenvalue weighted by Crippen LogP contribution is -2.50. The molecule has 2 N–H and O–H groups in total. The average molecular weight is 460 g/mol. The number of amides is 2. The molecule has 0 aliphatic carbocycles. The van der Waals surface area contributed by atoms with Gasteiger partial charge in [0.05, 0.1) is 18.0 Å². The minimum Gasteiger partial charge on any atom is -0.325 e. The van der Waals surface area contributed by atoms with Crippen LogP contribution in [0.3, 0.4) is 0 Å². The van der Waals surface area contributed by atoms with Crippen LogP contribution in [0.25, 0.3) is 0 Å². The van der Waals surface area contributed by atoms with Gasteiger partial charge in [-0.15, -0.1) is 0 Å². The number of benzene rings is 2. The molecule has 0 aromatic heterocycles. The molecule has 0 saturated carbocycles. The molecule has 1 heterocycles. The SMILES string of the molecule is Cc1cccc(C)c1NC(=O)CN1CCN(CC(=O)Nc2ccc(Cl)c([N+](=O)[O-])c2)CC1. The van der Waals surface area contributed by atoms with Crippen LogP contribution in [0.15, 0.2) is 36.4 Å². The first kappa shape index (κ1) is 23.6. The van der Waals surface area contributed by atoms with Gasteiger partial charge in [-0.25, -0.2) is 0 Å². The second-order valence-corrected chi connectivity index (χ2v) is 8.25. The van der Waals surface area contributed by atoms with Crippen molar-refractivity contribution < 1.29 is 14.5 Å². The van der Waals surface area contributed by atoms with Crippen molar-refractivity contribution in [2.24, 2.45) is 0 Å². The fourth-order valence-corrected chi connectivity index (χ4v) is 3.82. The first-order chi connectivity index (χ1) is 15.2. The number of rotatable bonds is 7. The molecule has 2 amide bonds. The molecule has 2 aromatic carbocycles. The van der Waals surface area contributed by atoms with Crippen molar-refractivity contribution in [1.82, 2.24) is 9.80 Å². The minimum atomic E-state index is -0.590. The lowest BCUT2D eigenvalue weighted by molar-refractivity contribution is -0.384. The number of para-hydroxylation sites is 1. The van der Waals surface area contributed by atoms with Crippen LogP contribution in [-0.4, -0.2) is 65.8 Å². The van der Waals surface area contributed by atoms with Gasteiger partial charge in [-0.3, -0.25) is 29.5 Å². The van der Waals surface area contributed by atoms with E-state index in [-0.39, 0.29) is 29.1 Å². The number of carbonyl (C=O) groups is 2. The average Bonchev–Trinajstić information content (AvgIpc) is 2.73. The van der Waals surface area contributed by atoms with E-state index < -0.39 is 4.92 Å². The maximum atomic E-state index is 12.5. The normalized spacial score (nSPS) is 14.7. The number of anilines is 2. The minimum absolute atomic E-state index is 0.0192. The van der Waals surface area contributed by atoms with Crippen molar-refractivity contribution in [3.8, 4) is 0 Å². The van der Waals surface area contributed by atoms with Gasteiger partial charge in [0.2, 0.25) is 11.8 Å². The zero-order valence-corrected chi connectivity index (χ0v) is 18.8. The van der Waals surface area contributed by atoms with Gasteiger partial charge in [-0.1, -0.05) is 29.8 Å². The molecule has 32 heavy (non-hydrogen) atoms. The highest BCUT2D eigenvalue weighted by atomic mass is 35.5. The molecule has 1 saturated heterocycles. The summed E-state index contributed by atoms with van der Waals surface area (Å²) in [5.41, 5.74) is 2.99. The summed E-state index contributed by atoms with van der Waals surface area (Å²) in [5.74, 6) is -0.319. The van der Waals surface area contributed by atoms with E-state index in [1.165, 1.54) is 18.2 Å². The first-order valence-corrected chi connectivity index (χ1v) is 10.7. The van der Waals surface area contributed by atoms with Crippen LogP contribution in [0, 0.1) is 24.0 Å². The third-order valence-electron chi connectivity index (χ3n) is 5.37. The number of hydrogen-bond donors (Lipinski definition) is 2. The van der Waals surface area contributed by atoms with Gasteiger partial charge < -0.3 is 10.6 Å². The van der Waals surface area contributed by atoms with E-state index in [4.69, 9.17) is 11.6 Å². The number of aryl methyl sites for hydroxylation is 2. The van der Waals surface area contributed by atoms with Crippen molar-refractivity contribution in [2.45, 2.75) is 13.8 Å². The van der Waals surface area contributed by atoms with E-state index in [9.17, 15) is 19.7 Å². The molecule has 10 heteroatoms. The molecule has 3 rings (SSSR count).